The summed E-state index contributed by atoms with van der Waals surface area (Å²) in [7, 11) is 3.73. The van der Waals surface area contributed by atoms with Crippen LogP contribution in [-0.4, -0.2) is 215 Å². The van der Waals surface area contributed by atoms with E-state index >= 15 is 0 Å². The Labute approximate surface area is 432 Å². The van der Waals surface area contributed by atoms with E-state index in [0.717, 1.165) is 26.1 Å². The molecule has 0 heterocycles. The summed E-state index contributed by atoms with van der Waals surface area (Å²) in [4.78, 5) is 24.4. The van der Waals surface area contributed by atoms with Crippen molar-refractivity contribution in [2.75, 3.05) is 199 Å². The number of nitrogens with zero attached hydrogens (tertiary/aromatic N) is 1. The van der Waals surface area contributed by atoms with Crippen molar-refractivity contribution >= 4 is 11.9 Å². The molecule has 0 aliphatic rings. The van der Waals surface area contributed by atoms with E-state index in [1.807, 2.05) is 14.1 Å². The van der Waals surface area contributed by atoms with E-state index in [0.29, 0.717) is 137 Å². The molecule has 0 aliphatic heterocycles. The van der Waals surface area contributed by atoms with Gasteiger partial charge in [-0.2, -0.15) is 0 Å². The number of unbranched alkanes of at least 4 members (excludes halogenated alkanes) is 18. The Bertz CT molecular complexity index is 1060. The lowest BCUT2D eigenvalue weighted by Crippen LogP contribution is -2.47. The zero-order valence-corrected chi connectivity index (χ0v) is 45.9. The molecule has 0 saturated heterocycles. The summed E-state index contributed by atoms with van der Waals surface area (Å²) in [5.74, 6) is -0.833. The quantitative estimate of drug-likeness (QED) is 0.0325. The highest BCUT2D eigenvalue weighted by molar-refractivity contribution is 5.71. The van der Waals surface area contributed by atoms with Crippen LogP contribution in [0.3, 0.4) is 0 Å². The standard InChI is InChI=1S/C54H108NO16/c1-5-7-9-11-13-15-17-19-21-23-26-58-29-31-60-33-35-62-37-38-64-41-42-66-45-46-68-49-50-71-53(56)51-55(3,4)25-28-70-54(57)52-69-48-47-67-44-43-65-40-39-63-36-34-61-32-30-59-27-24-22-20-18-16-14-12-10-8-6-2/h5-52H2,1-4H3/q+1. The highest BCUT2D eigenvalue weighted by Crippen LogP contribution is 2.12. The maximum absolute atomic E-state index is 12.3. The second kappa shape index (κ2) is 59.3. The molecule has 0 fully saturated rings. The molecule has 0 spiro atoms. The maximum atomic E-state index is 12.3. The fourth-order valence-electron chi connectivity index (χ4n) is 6.98. The van der Waals surface area contributed by atoms with E-state index in [1.165, 1.54) is 116 Å². The SMILES string of the molecule is CCCCCCCCCCCCOCCOCCOCCOCCOCCOCCOC(=O)C[N+](C)(C)CCOC(=O)COCCOCCOCCOCCOCCOCCCCCCCCCCCC. The monoisotopic (exact) mass is 1030 g/mol. The van der Waals surface area contributed by atoms with E-state index in [1.54, 1.807) is 0 Å². The largest absolute Gasteiger partial charge is 0.459 e. The zero-order valence-electron chi connectivity index (χ0n) is 45.9. The Balaban J connectivity index is 3.37. The van der Waals surface area contributed by atoms with E-state index in [2.05, 4.69) is 13.8 Å². The molecule has 0 aromatic carbocycles. The number of ether oxygens (including phenoxy) is 14. The number of rotatable bonds is 62. The van der Waals surface area contributed by atoms with Crippen LogP contribution in [0.15, 0.2) is 0 Å². The lowest BCUT2D eigenvalue weighted by Gasteiger charge is -2.28. The molecule has 17 heteroatoms. The van der Waals surface area contributed by atoms with Crippen molar-refractivity contribution in [3.05, 3.63) is 0 Å². The number of likely N-dealkylation sites (N-methyl/N-ethyl adjacent to an activating group) is 1. The second-order valence-corrected chi connectivity index (χ2v) is 18.4. The van der Waals surface area contributed by atoms with Crippen molar-refractivity contribution in [2.45, 2.75) is 142 Å². The van der Waals surface area contributed by atoms with Gasteiger partial charge < -0.3 is 70.8 Å². The second-order valence-electron chi connectivity index (χ2n) is 18.4. The van der Waals surface area contributed by atoms with Crippen LogP contribution in [0.1, 0.15) is 142 Å². The van der Waals surface area contributed by atoms with Gasteiger partial charge in [-0.15, -0.1) is 0 Å². The third-order valence-corrected chi connectivity index (χ3v) is 11.2. The number of carbonyl (C=O) groups is 2. The van der Waals surface area contributed by atoms with Gasteiger partial charge in [-0.05, 0) is 12.8 Å². The Hall–Kier alpha value is -1.58. The van der Waals surface area contributed by atoms with Gasteiger partial charge >= 0.3 is 11.9 Å². The fraction of sp³-hybridized carbons (Fsp3) is 0.963. The molecule has 0 amide bonds. The van der Waals surface area contributed by atoms with E-state index < -0.39 is 5.97 Å². The van der Waals surface area contributed by atoms with Gasteiger partial charge in [-0.1, -0.05) is 129 Å². The van der Waals surface area contributed by atoms with Crippen molar-refractivity contribution in [3.63, 3.8) is 0 Å². The van der Waals surface area contributed by atoms with E-state index in [-0.39, 0.29) is 45.5 Å². The third kappa shape index (κ3) is 60.9. The predicted molar refractivity (Wildman–Crippen MR) is 277 cm³/mol. The number of esters is 2. The predicted octanol–water partition coefficient (Wildman–Crippen LogP) is 8.19. The lowest BCUT2D eigenvalue weighted by molar-refractivity contribution is -0.883. The Morgan fingerprint density at radius 1 is 0.268 bits per heavy atom. The molecule has 0 unspecified atom stereocenters. The Morgan fingerprint density at radius 3 is 0.817 bits per heavy atom. The highest BCUT2D eigenvalue weighted by Gasteiger charge is 2.22. The molecule has 424 valence electrons. The Kier molecular flexibility index (Phi) is 58.0. The summed E-state index contributed by atoms with van der Waals surface area (Å²) in [6.45, 7) is 16.7. The van der Waals surface area contributed by atoms with Gasteiger partial charge in [-0.3, -0.25) is 0 Å². The molecule has 17 nitrogen and oxygen atoms in total. The van der Waals surface area contributed by atoms with Crippen molar-refractivity contribution in [3.8, 4) is 0 Å². The highest BCUT2D eigenvalue weighted by atomic mass is 16.6. The van der Waals surface area contributed by atoms with Crippen LogP contribution in [-0.2, 0) is 75.9 Å². The zero-order chi connectivity index (χ0) is 51.5. The van der Waals surface area contributed by atoms with Gasteiger partial charge in [0.15, 0.2) is 6.54 Å². The molecule has 0 aromatic heterocycles. The number of carbonyl (C=O) groups excluding carboxylic acids is 2. The smallest absolute Gasteiger partial charge is 0.361 e. The van der Waals surface area contributed by atoms with E-state index in [9.17, 15) is 9.59 Å². The van der Waals surface area contributed by atoms with Gasteiger partial charge in [0.05, 0.1) is 153 Å². The molecule has 0 saturated carbocycles. The normalized spacial score (nSPS) is 11.8. The van der Waals surface area contributed by atoms with Crippen molar-refractivity contribution in [1.29, 1.82) is 0 Å². The molecule has 0 bridgehead atoms. The molecule has 71 heavy (non-hydrogen) atoms. The maximum Gasteiger partial charge on any atom is 0.361 e. The molecule has 0 aliphatic carbocycles. The van der Waals surface area contributed by atoms with Crippen LogP contribution in [0, 0.1) is 0 Å². The first-order valence-corrected chi connectivity index (χ1v) is 28.0. The molecule has 0 radical (unpaired) electrons. The van der Waals surface area contributed by atoms with Gasteiger partial charge in [-0.25, -0.2) is 9.59 Å². The molecule has 0 rings (SSSR count). The van der Waals surface area contributed by atoms with Crippen LogP contribution >= 0.6 is 0 Å². The molecule has 0 N–H and O–H groups in total. The number of hydrogen-bond acceptors (Lipinski definition) is 16. The van der Waals surface area contributed by atoms with Gasteiger partial charge in [0.1, 0.15) is 26.4 Å². The van der Waals surface area contributed by atoms with Crippen LogP contribution < -0.4 is 0 Å². The van der Waals surface area contributed by atoms with Crippen LogP contribution in [0.4, 0.5) is 0 Å². The number of quaternary nitrogens is 1. The first kappa shape index (κ1) is 69.4. The number of hydrogen-bond donors (Lipinski definition) is 0. The van der Waals surface area contributed by atoms with Crippen molar-refractivity contribution in [2.24, 2.45) is 0 Å². The van der Waals surface area contributed by atoms with E-state index in [4.69, 9.17) is 66.3 Å². The summed E-state index contributed by atoms with van der Waals surface area (Å²) in [6, 6.07) is 0. The first-order chi connectivity index (χ1) is 34.9. The van der Waals surface area contributed by atoms with Crippen LogP contribution in [0.25, 0.3) is 0 Å². The lowest BCUT2D eigenvalue weighted by atomic mass is 10.1. The summed E-state index contributed by atoms with van der Waals surface area (Å²) < 4.78 is 77.2. The minimum Gasteiger partial charge on any atom is -0.459 e. The summed E-state index contributed by atoms with van der Waals surface area (Å²) >= 11 is 0. The minimum absolute atomic E-state index is 0.129. The van der Waals surface area contributed by atoms with Gasteiger partial charge in [0.25, 0.3) is 0 Å². The summed E-state index contributed by atoms with van der Waals surface area (Å²) in [5, 5.41) is 0. The average Bonchev–Trinajstić information content (AvgIpc) is 3.35. The molecular formula is C54H108NO16+. The molecule has 0 aromatic rings. The van der Waals surface area contributed by atoms with Crippen LogP contribution in [0.5, 0.6) is 0 Å². The van der Waals surface area contributed by atoms with Crippen molar-refractivity contribution < 1.29 is 80.4 Å². The van der Waals surface area contributed by atoms with Crippen molar-refractivity contribution in [1.82, 2.24) is 0 Å². The first-order valence-electron chi connectivity index (χ1n) is 28.0. The van der Waals surface area contributed by atoms with Crippen LogP contribution in [0.2, 0.25) is 0 Å². The third-order valence-electron chi connectivity index (χ3n) is 11.2. The van der Waals surface area contributed by atoms with Gasteiger partial charge in [0.2, 0.25) is 0 Å². The summed E-state index contributed by atoms with van der Waals surface area (Å²) in [6.07, 6.45) is 26.5. The average molecular weight is 1030 g/mol. The summed E-state index contributed by atoms with van der Waals surface area (Å²) in [5.41, 5.74) is 0. The van der Waals surface area contributed by atoms with Gasteiger partial charge in [0, 0.05) is 13.2 Å². The molecular weight excluding hydrogens is 919 g/mol. The molecule has 0 atom stereocenters. The minimum atomic E-state index is -0.476. The Morgan fingerprint density at radius 2 is 0.507 bits per heavy atom. The fourth-order valence-corrected chi connectivity index (χ4v) is 6.98. The topological polar surface area (TPSA) is 163 Å².